The Morgan fingerprint density at radius 3 is 2.94 bits per heavy atom. The van der Waals surface area contributed by atoms with Crippen molar-refractivity contribution in [3.05, 3.63) is 29.3 Å². The highest BCUT2D eigenvalue weighted by Crippen LogP contribution is 2.22. The van der Waals surface area contributed by atoms with Crippen molar-refractivity contribution in [3.63, 3.8) is 0 Å². The minimum Gasteiger partial charge on any atom is -0.316 e. The highest BCUT2D eigenvalue weighted by atomic mass is 32.2. The van der Waals surface area contributed by atoms with Crippen LogP contribution in [0.1, 0.15) is 11.9 Å². The molecule has 0 fully saturated rings. The van der Waals surface area contributed by atoms with E-state index in [4.69, 9.17) is 0 Å². The van der Waals surface area contributed by atoms with Crippen molar-refractivity contribution in [3.8, 4) is 0 Å². The van der Waals surface area contributed by atoms with Crippen molar-refractivity contribution in [2.24, 2.45) is 0 Å². The fourth-order valence-electron chi connectivity index (χ4n) is 1.72. The lowest BCUT2D eigenvalue weighted by atomic mass is 10.2. The number of thioether (sulfide) groups is 1. The number of nitrogens with one attached hydrogen (secondary N) is 1. The molecule has 2 aromatic rings. The quantitative estimate of drug-likeness (QED) is 0.869. The Morgan fingerprint density at radius 1 is 1.41 bits per heavy atom. The summed E-state index contributed by atoms with van der Waals surface area (Å²) in [5, 5.41) is 4.61. The molecule has 1 aromatic carbocycles. The van der Waals surface area contributed by atoms with Crippen molar-refractivity contribution < 1.29 is 0 Å². The second-order valence-corrected chi connectivity index (χ2v) is 6.36. The Balaban J connectivity index is 2.06. The van der Waals surface area contributed by atoms with Gasteiger partial charge in [-0.25, -0.2) is 4.98 Å². The molecule has 0 aliphatic carbocycles. The van der Waals surface area contributed by atoms with Crippen LogP contribution in [0.25, 0.3) is 10.2 Å². The van der Waals surface area contributed by atoms with Crippen molar-refractivity contribution in [1.29, 1.82) is 0 Å². The van der Waals surface area contributed by atoms with Crippen LogP contribution < -0.4 is 5.32 Å². The van der Waals surface area contributed by atoms with Gasteiger partial charge in [-0.3, -0.25) is 0 Å². The summed E-state index contributed by atoms with van der Waals surface area (Å²) in [5.41, 5.74) is 1.13. The largest absolute Gasteiger partial charge is 0.316 e. The molecular formula is C13H18N2S2. The van der Waals surface area contributed by atoms with Gasteiger partial charge in [-0.15, -0.1) is 11.3 Å². The van der Waals surface area contributed by atoms with Gasteiger partial charge >= 0.3 is 0 Å². The minimum atomic E-state index is 0.528. The minimum absolute atomic E-state index is 0.528. The molecular weight excluding hydrogens is 248 g/mol. The number of thiazole rings is 1. The monoisotopic (exact) mass is 266 g/mol. The van der Waals surface area contributed by atoms with Gasteiger partial charge in [-0.2, -0.15) is 11.8 Å². The van der Waals surface area contributed by atoms with Crippen molar-refractivity contribution >= 4 is 33.3 Å². The molecule has 92 valence electrons. The van der Waals surface area contributed by atoms with E-state index < -0.39 is 0 Å². The average Bonchev–Trinajstić information content (AvgIpc) is 2.76. The van der Waals surface area contributed by atoms with Gasteiger partial charge in [0, 0.05) is 18.2 Å². The lowest BCUT2D eigenvalue weighted by molar-refractivity contribution is 0.616. The first-order valence-electron chi connectivity index (χ1n) is 5.93. The van der Waals surface area contributed by atoms with E-state index in [9.17, 15) is 0 Å². The molecule has 0 saturated heterocycles. The van der Waals surface area contributed by atoms with Crippen LogP contribution in [0.3, 0.4) is 0 Å². The molecule has 1 N–H and O–H groups in total. The molecule has 1 unspecified atom stereocenters. The fraction of sp³-hybridized carbons (Fsp3) is 0.462. The Hall–Kier alpha value is -0.580. The average molecular weight is 266 g/mol. The summed E-state index contributed by atoms with van der Waals surface area (Å²) in [6.07, 6.45) is 1.03. The van der Waals surface area contributed by atoms with E-state index in [0.717, 1.165) is 17.7 Å². The number of fused-ring (bicyclic) bond motifs is 1. The molecule has 2 rings (SSSR count). The summed E-state index contributed by atoms with van der Waals surface area (Å²) in [6.45, 7) is 2.20. The van der Waals surface area contributed by atoms with Crippen molar-refractivity contribution in [2.75, 3.05) is 18.6 Å². The van der Waals surface area contributed by atoms with Crippen LogP contribution in [-0.4, -0.2) is 29.6 Å². The SMILES string of the molecule is CCSCC(Cc1nc2ccccc2s1)NC. The van der Waals surface area contributed by atoms with Gasteiger partial charge in [0.2, 0.25) is 0 Å². The van der Waals surface area contributed by atoms with E-state index in [0.29, 0.717) is 6.04 Å². The van der Waals surface area contributed by atoms with Gasteiger partial charge in [-0.1, -0.05) is 19.1 Å². The summed E-state index contributed by atoms with van der Waals surface area (Å²) in [4.78, 5) is 4.68. The Bertz CT molecular complexity index is 434. The Kier molecular flexibility index (Phi) is 4.83. The molecule has 0 spiro atoms. The molecule has 1 atom stereocenters. The zero-order valence-electron chi connectivity index (χ0n) is 10.3. The second-order valence-electron chi connectivity index (χ2n) is 3.92. The van der Waals surface area contributed by atoms with Gasteiger partial charge in [0.25, 0.3) is 0 Å². The van der Waals surface area contributed by atoms with Crippen LogP contribution in [0.4, 0.5) is 0 Å². The Morgan fingerprint density at radius 2 is 2.24 bits per heavy atom. The molecule has 2 nitrogen and oxygen atoms in total. The van der Waals surface area contributed by atoms with Crippen LogP contribution in [-0.2, 0) is 6.42 Å². The maximum atomic E-state index is 4.68. The lowest BCUT2D eigenvalue weighted by Crippen LogP contribution is -2.30. The van der Waals surface area contributed by atoms with Gasteiger partial charge < -0.3 is 5.32 Å². The van der Waals surface area contributed by atoms with E-state index >= 15 is 0 Å². The number of aromatic nitrogens is 1. The summed E-state index contributed by atoms with van der Waals surface area (Å²) >= 11 is 3.80. The third-order valence-corrected chi connectivity index (χ3v) is 4.80. The highest BCUT2D eigenvalue weighted by molar-refractivity contribution is 7.99. The van der Waals surface area contributed by atoms with Gasteiger partial charge in [0.1, 0.15) is 0 Å². The van der Waals surface area contributed by atoms with E-state index in [2.05, 4.69) is 35.4 Å². The number of likely N-dealkylation sites (N-methyl/N-ethyl adjacent to an activating group) is 1. The summed E-state index contributed by atoms with van der Waals surface area (Å²) in [7, 11) is 2.04. The smallest absolute Gasteiger partial charge is 0.0954 e. The van der Waals surface area contributed by atoms with Gasteiger partial charge in [0.05, 0.1) is 15.2 Å². The molecule has 0 aliphatic heterocycles. The predicted molar refractivity (Wildman–Crippen MR) is 79.2 cm³/mol. The van der Waals surface area contributed by atoms with Crippen LogP contribution in [0, 0.1) is 0 Å². The lowest BCUT2D eigenvalue weighted by Gasteiger charge is -2.13. The molecule has 17 heavy (non-hydrogen) atoms. The van der Waals surface area contributed by atoms with E-state index in [1.54, 1.807) is 0 Å². The van der Waals surface area contributed by atoms with E-state index in [1.165, 1.54) is 15.5 Å². The van der Waals surface area contributed by atoms with Crippen molar-refractivity contribution in [1.82, 2.24) is 10.3 Å². The van der Waals surface area contributed by atoms with Gasteiger partial charge in [-0.05, 0) is 24.9 Å². The first-order chi connectivity index (χ1) is 8.33. The first kappa shape index (κ1) is 12.9. The molecule has 1 heterocycles. The molecule has 1 aromatic heterocycles. The maximum Gasteiger partial charge on any atom is 0.0954 e. The van der Waals surface area contributed by atoms with Crippen LogP contribution in [0.2, 0.25) is 0 Å². The standard InChI is InChI=1S/C13H18N2S2/c1-3-16-9-10(14-2)8-13-15-11-6-4-5-7-12(11)17-13/h4-7,10,14H,3,8-9H2,1-2H3. The van der Waals surface area contributed by atoms with Crippen molar-refractivity contribution in [2.45, 2.75) is 19.4 Å². The molecule has 0 amide bonds. The number of nitrogens with zero attached hydrogens (tertiary/aromatic N) is 1. The number of benzene rings is 1. The predicted octanol–water partition coefficient (Wildman–Crippen LogP) is 3.18. The van der Waals surface area contributed by atoms with E-state index in [-0.39, 0.29) is 0 Å². The maximum absolute atomic E-state index is 4.68. The Labute approximate surface area is 111 Å². The second kappa shape index (κ2) is 6.38. The summed E-state index contributed by atoms with van der Waals surface area (Å²) in [6, 6.07) is 8.89. The number of para-hydroxylation sites is 1. The van der Waals surface area contributed by atoms with E-state index in [1.807, 2.05) is 36.2 Å². The molecule has 0 aliphatic rings. The third kappa shape index (κ3) is 3.44. The van der Waals surface area contributed by atoms with Crippen LogP contribution in [0.15, 0.2) is 24.3 Å². The third-order valence-electron chi connectivity index (χ3n) is 2.69. The topological polar surface area (TPSA) is 24.9 Å². The number of hydrogen-bond donors (Lipinski definition) is 1. The fourth-order valence-corrected chi connectivity index (χ4v) is 3.57. The zero-order chi connectivity index (χ0) is 12.1. The van der Waals surface area contributed by atoms with Gasteiger partial charge in [0.15, 0.2) is 0 Å². The first-order valence-corrected chi connectivity index (χ1v) is 7.90. The highest BCUT2D eigenvalue weighted by Gasteiger charge is 2.10. The molecule has 0 radical (unpaired) electrons. The number of hydrogen-bond acceptors (Lipinski definition) is 4. The normalized spacial score (nSPS) is 13.1. The summed E-state index contributed by atoms with van der Waals surface area (Å²) < 4.78 is 1.29. The zero-order valence-corrected chi connectivity index (χ0v) is 11.9. The summed E-state index contributed by atoms with van der Waals surface area (Å²) in [5.74, 6) is 2.33. The molecule has 0 bridgehead atoms. The number of rotatable bonds is 6. The molecule has 0 saturated carbocycles. The van der Waals surface area contributed by atoms with Crippen LogP contribution in [0.5, 0.6) is 0 Å². The molecule has 4 heteroatoms. The van der Waals surface area contributed by atoms with Crippen LogP contribution >= 0.6 is 23.1 Å².